The van der Waals surface area contributed by atoms with Crippen LogP contribution in [-0.2, 0) is 27.2 Å². The highest BCUT2D eigenvalue weighted by Gasteiger charge is 2.32. The molecule has 0 spiro atoms. The van der Waals surface area contributed by atoms with Crippen molar-refractivity contribution >= 4 is 28.5 Å². The Hall–Kier alpha value is -5.81. The molecule has 0 aliphatic carbocycles. The fourth-order valence-electron chi connectivity index (χ4n) is 7.43. The number of likely N-dealkylation sites (tertiary alicyclic amines) is 2. The first-order valence-corrected chi connectivity index (χ1v) is 18.2. The fraction of sp³-hybridized carbons (Fsp3) is 0.286. The predicted molar refractivity (Wildman–Crippen MR) is 200 cm³/mol. The molecule has 0 saturated carbocycles. The second-order valence-electron chi connectivity index (χ2n) is 13.7. The molecule has 53 heavy (non-hydrogen) atoms. The molecule has 2 aromatic heterocycles. The molecule has 6 aromatic rings. The van der Waals surface area contributed by atoms with Crippen molar-refractivity contribution in [3.8, 4) is 22.8 Å². The van der Waals surface area contributed by atoms with Crippen LogP contribution in [0.2, 0.25) is 0 Å². The van der Waals surface area contributed by atoms with E-state index in [4.69, 9.17) is 14.1 Å². The maximum absolute atomic E-state index is 15.2. The molecular formula is C42H41FN6O4. The van der Waals surface area contributed by atoms with Crippen molar-refractivity contribution in [3.05, 3.63) is 126 Å². The normalized spacial score (nSPS) is 17.2. The van der Waals surface area contributed by atoms with E-state index >= 15 is 4.39 Å². The minimum Gasteiger partial charge on any atom is -0.436 e. The quantitative estimate of drug-likeness (QED) is 0.0995. The number of halogens is 1. The SMILES string of the molecule is O=C(Cc1ccccc1)N1CCC[C@H]1COCNc1ccc(-c2ncc(-c3ccc4nc([C@@H]5CCCN5C(=O)Cc5ccccc5)[nH]c4c3)o2)cc1F. The zero-order chi connectivity index (χ0) is 36.1. The van der Waals surface area contributed by atoms with E-state index < -0.39 is 5.82 Å². The highest BCUT2D eigenvalue weighted by Crippen LogP contribution is 2.34. The summed E-state index contributed by atoms with van der Waals surface area (Å²) in [6, 6.07) is 30.0. The van der Waals surface area contributed by atoms with Crippen LogP contribution in [-0.4, -0.2) is 69.0 Å². The number of carbonyl (C=O) groups is 2. The number of benzene rings is 4. The number of amides is 2. The number of imidazole rings is 1. The summed E-state index contributed by atoms with van der Waals surface area (Å²) in [5, 5.41) is 3.01. The standard InChI is InChI=1S/C42H41FN6O4/c43-33-23-31(16-17-34(33)45-27-52-26-32-13-7-19-48(32)39(50)21-28-9-3-1-4-10-28)42-44-25-38(53-42)30-15-18-35-36(24-30)47-41(46-35)37-14-8-20-49(37)40(51)22-29-11-5-2-6-12-29/h1-6,9-12,15-18,23-25,32,37,45H,7-8,13-14,19-22,26-27H2,(H,46,47)/t32-,37-/m0/s1. The van der Waals surface area contributed by atoms with Gasteiger partial charge in [0.1, 0.15) is 18.4 Å². The van der Waals surface area contributed by atoms with Crippen LogP contribution in [0.1, 0.15) is 48.7 Å². The zero-order valence-electron chi connectivity index (χ0n) is 29.3. The molecule has 4 heterocycles. The fourth-order valence-corrected chi connectivity index (χ4v) is 7.43. The maximum atomic E-state index is 15.2. The molecule has 0 radical (unpaired) electrons. The summed E-state index contributed by atoms with van der Waals surface area (Å²) >= 11 is 0. The Labute approximate surface area is 307 Å². The number of oxazole rings is 1. The van der Waals surface area contributed by atoms with Gasteiger partial charge in [0.25, 0.3) is 0 Å². The number of fused-ring (bicyclic) bond motifs is 1. The van der Waals surface area contributed by atoms with E-state index in [1.54, 1.807) is 18.3 Å². The predicted octanol–water partition coefficient (Wildman–Crippen LogP) is 7.55. The Balaban J connectivity index is 0.868. The third kappa shape index (κ3) is 7.71. The number of anilines is 1. The lowest BCUT2D eigenvalue weighted by atomic mass is 10.1. The Morgan fingerprint density at radius 1 is 0.849 bits per heavy atom. The Morgan fingerprint density at radius 2 is 1.55 bits per heavy atom. The number of aromatic nitrogens is 3. The second kappa shape index (κ2) is 15.4. The monoisotopic (exact) mass is 712 g/mol. The Kier molecular flexibility index (Phi) is 9.98. The molecular weight excluding hydrogens is 671 g/mol. The first kappa shape index (κ1) is 34.3. The number of aromatic amines is 1. The van der Waals surface area contributed by atoms with Gasteiger partial charge in [-0.15, -0.1) is 0 Å². The van der Waals surface area contributed by atoms with Crippen molar-refractivity contribution in [1.29, 1.82) is 0 Å². The van der Waals surface area contributed by atoms with Crippen LogP contribution >= 0.6 is 0 Å². The van der Waals surface area contributed by atoms with Gasteiger partial charge in [0.2, 0.25) is 17.7 Å². The molecule has 10 nitrogen and oxygen atoms in total. The maximum Gasteiger partial charge on any atom is 0.227 e. The van der Waals surface area contributed by atoms with Crippen LogP contribution in [0.25, 0.3) is 33.8 Å². The van der Waals surface area contributed by atoms with Crippen molar-refractivity contribution in [1.82, 2.24) is 24.8 Å². The van der Waals surface area contributed by atoms with E-state index in [1.165, 1.54) is 6.07 Å². The largest absolute Gasteiger partial charge is 0.436 e. The lowest BCUT2D eigenvalue weighted by molar-refractivity contribution is -0.132. The number of nitrogens with zero attached hydrogens (tertiary/aromatic N) is 4. The Morgan fingerprint density at radius 3 is 2.30 bits per heavy atom. The summed E-state index contributed by atoms with van der Waals surface area (Å²) < 4.78 is 27.1. The van der Waals surface area contributed by atoms with Crippen molar-refractivity contribution in [3.63, 3.8) is 0 Å². The van der Waals surface area contributed by atoms with Gasteiger partial charge in [-0.2, -0.15) is 0 Å². The summed E-state index contributed by atoms with van der Waals surface area (Å²) in [7, 11) is 0. The van der Waals surface area contributed by atoms with E-state index in [0.717, 1.165) is 65.8 Å². The number of ether oxygens (including phenoxy) is 1. The van der Waals surface area contributed by atoms with Gasteiger partial charge < -0.3 is 29.3 Å². The van der Waals surface area contributed by atoms with Crippen LogP contribution < -0.4 is 5.32 Å². The molecule has 2 fully saturated rings. The molecule has 2 aliphatic rings. The smallest absolute Gasteiger partial charge is 0.227 e. The minimum atomic E-state index is -0.457. The second-order valence-corrected chi connectivity index (χ2v) is 13.7. The average Bonchev–Trinajstić information content (AvgIpc) is 4.01. The minimum absolute atomic E-state index is 0.00832. The van der Waals surface area contributed by atoms with Gasteiger partial charge in [-0.25, -0.2) is 14.4 Å². The summed E-state index contributed by atoms with van der Waals surface area (Å²) in [5.74, 6) is 1.36. The van der Waals surface area contributed by atoms with Crippen molar-refractivity contribution < 1.29 is 23.1 Å². The van der Waals surface area contributed by atoms with Crippen LogP contribution in [0.15, 0.2) is 108 Å². The topological polar surface area (TPSA) is 117 Å². The van der Waals surface area contributed by atoms with E-state index in [0.29, 0.717) is 48.9 Å². The Bertz CT molecular complexity index is 2200. The van der Waals surface area contributed by atoms with Gasteiger partial charge in [0, 0.05) is 24.2 Å². The van der Waals surface area contributed by atoms with Crippen LogP contribution in [0.3, 0.4) is 0 Å². The molecule has 2 aliphatic heterocycles. The van der Waals surface area contributed by atoms with E-state index in [1.807, 2.05) is 88.7 Å². The van der Waals surface area contributed by atoms with Crippen molar-refractivity contribution in [2.75, 3.05) is 31.7 Å². The first-order chi connectivity index (χ1) is 26.0. The molecule has 4 aromatic carbocycles. The molecule has 2 saturated heterocycles. The van der Waals surface area contributed by atoms with Crippen molar-refractivity contribution in [2.45, 2.75) is 50.6 Å². The number of carbonyl (C=O) groups excluding carboxylic acids is 2. The van der Waals surface area contributed by atoms with Gasteiger partial charge in [-0.3, -0.25) is 9.59 Å². The lowest BCUT2D eigenvalue weighted by Crippen LogP contribution is -2.39. The van der Waals surface area contributed by atoms with Gasteiger partial charge in [-0.1, -0.05) is 60.7 Å². The molecule has 2 amide bonds. The third-order valence-electron chi connectivity index (χ3n) is 10.2. The molecule has 270 valence electrons. The molecule has 0 bridgehead atoms. The van der Waals surface area contributed by atoms with E-state index in [2.05, 4.69) is 15.3 Å². The zero-order valence-corrected chi connectivity index (χ0v) is 29.3. The van der Waals surface area contributed by atoms with Crippen LogP contribution in [0.5, 0.6) is 0 Å². The number of hydrogen-bond donors (Lipinski definition) is 2. The highest BCUT2D eigenvalue weighted by atomic mass is 19.1. The molecule has 11 heteroatoms. The summed E-state index contributed by atoms with van der Waals surface area (Å²) in [5.41, 5.74) is 5.24. The van der Waals surface area contributed by atoms with Gasteiger partial charge in [0.15, 0.2) is 5.76 Å². The van der Waals surface area contributed by atoms with E-state index in [9.17, 15) is 9.59 Å². The van der Waals surface area contributed by atoms with Crippen molar-refractivity contribution in [2.24, 2.45) is 0 Å². The van der Waals surface area contributed by atoms with Gasteiger partial charge >= 0.3 is 0 Å². The van der Waals surface area contributed by atoms with Crippen LogP contribution in [0.4, 0.5) is 10.1 Å². The number of H-pyrrole nitrogens is 1. The molecule has 0 unspecified atom stereocenters. The lowest BCUT2D eigenvalue weighted by Gasteiger charge is -2.25. The third-order valence-corrected chi connectivity index (χ3v) is 10.2. The number of hydrogen-bond acceptors (Lipinski definition) is 7. The molecule has 8 rings (SSSR count). The molecule has 2 N–H and O–H groups in total. The van der Waals surface area contributed by atoms with E-state index in [-0.39, 0.29) is 30.6 Å². The van der Waals surface area contributed by atoms with Crippen LogP contribution in [0, 0.1) is 5.82 Å². The number of nitrogens with one attached hydrogen (secondary N) is 2. The first-order valence-electron chi connectivity index (χ1n) is 18.2. The highest BCUT2D eigenvalue weighted by molar-refractivity contribution is 5.82. The summed E-state index contributed by atoms with van der Waals surface area (Å²) in [4.78, 5) is 42.7. The average molecular weight is 713 g/mol. The number of rotatable bonds is 12. The molecule has 2 atom stereocenters. The van der Waals surface area contributed by atoms with Gasteiger partial charge in [0.05, 0.1) is 54.4 Å². The van der Waals surface area contributed by atoms with Gasteiger partial charge in [-0.05, 0) is 73.2 Å². The summed E-state index contributed by atoms with van der Waals surface area (Å²) in [6.07, 6.45) is 5.98. The summed E-state index contributed by atoms with van der Waals surface area (Å²) in [6.45, 7) is 1.93.